The van der Waals surface area contributed by atoms with Crippen LogP contribution in [0.4, 0.5) is 0 Å². The molecule has 0 bridgehead atoms. The molecule has 1 saturated heterocycles. The van der Waals surface area contributed by atoms with Gasteiger partial charge < -0.3 is 14.6 Å². The molecule has 4 nitrogen and oxygen atoms in total. The number of benzene rings is 1. The molecule has 0 amide bonds. The summed E-state index contributed by atoms with van der Waals surface area (Å²) in [7, 11) is 0. The number of hydrogen-bond donors (Lipinski definition) is 1. The smallest absolute Gasteiger partial charge is 0.255 e. The molecule has 0 radical (unpaired) electrons. The van der Waals surface area contributed by atoms with Crippen LogP contribution in [0.15, 0.2) is 35.3 Å². The van der Waals surface area contributed by atoms with E-state index in [-0.39, 0.29) is 5.56 Å². The van der Waals surface area contributed by atoms with E-state index in [0.29, 0.717) is 11.3 Å². The number of H-pyrrole nitrogens is 1. The molecule has 2 aliphatic rings. The van der Waals surface area contributed by atoms with Crippen molar-refractivity contribution in [3.63, 3.8) is 0 Å². The molecule has 2 heterocycles. The lowest BCUT2D eigenvalue weighted by atomic mass is 9.97. The topological polar surface area (TPSA) is 45.3 Å². The summed E-state index contributed by atoms with van der Waals surface area (Å²) in [6.45, 7) is 4.54. The number of aromatic nitrogens is 1. The van der Waals surface area contributed by atoms with Gasteiger partial charge in [-0.25, -0.2) is 0 Å². The zero-order valence-corrected chi connectivity index (χ0v) is 13.5. The highest BCUT2D eigenvalue weighted by Crippen LogP contribution is 2.31. The largest absolute Gasteiger partial charge is 0.493 e. The monoisotopic (exact) mass is 312 g/mol. The molecule has 0 spiro atoms. The number of hydrogen-bond acceptors (Lipinski definition) is 3. The van der Waals surface area contributed by atoms with Gasteiger partial charge in [-0.2, -0.15) is 0 Å². The zero-order valence-electron chi connectivity index (χ0n) is 13.5. The molecule has 122 valence electrons. The number of piperidine rings is 1. The number of nitrogens with zero attached hydrogens (tertiary/aromatic N) is 1. The second-order valence-corrected chi connectivity index (χ2v) is 7.05. The van der Waals surface area contributed by atoms with Gasteiger partial charge in [0.25, 0.3) is 5.56 Å². The number of nitrogens with one attached hydrogen (secondary N) is 1. The molecule has 4 rings (SSSR count). The maximum absolute atomic E-state index is 11.7. The molecular weight excluding hydrogens is 288 g/mol. The summed E-state index contributed by atoms with van der Waals surface area (Å²) < 4.78 is 5.99. The first kappa shape index (κ1) is 14.8. The molecular formula is C19H24N2O2. The van der Waals surface area contributed by atoms with Crippen molar-refractivity contribution in [2.24, 2.45) is 11.8 Å². The fourth-order valence-electron chi connectivity index (χ4n) is 3.48. The van der Waals surface area contributed by atoms with Gasteiger partial charge >= 0.3 is 0 Å². The Hall–Kier alpha value is -1.81. The fourth-order valence-corrected chi connectivity index (χ4v) is 3.48. The zero-order chi connectivity index (χ0) is 15.6. The van der Waals surface area contributed by atoms with Crippen LogP contribution in [-0.4, -0.2) is 36.1 Å². The van der Waals surface area contributed by atoms with Crippen LogP contribution < -0.4 is 10.3 Å². The second kappa shape index (κ2) is 6.36. The Labute approximate surface area is 136 Å². The van der Waals surface area contributed by atoms with E-state index in [1.807, 2.05) is 24.3 Å². The van der Waals surface area contributed by atoms with E-state index in [0.717, 1.165) is 23.7 Å². The van der Waals surface area contributed by atoms with Gasteiger partial charge in [-0.05, 0) is 80.3 Å². The number of aromatic amines is 1. The van der Waals surface area contributed by atoms with Crippen LogP contribution in [0.1, 0.15) is 25.7 Å². The molecule has 1 N–H and O–H groups in total. The van der Waals surface area contributed by atoms with Crippen molar-refractivity contribution in [3.05, 3.63) is 40.8 Å². The van der Waals surface area contributed by atoms with Gasteiger partial charge in [-0.1, -0.05) is 0 Å². The lowest BCUT2D eigenvalue weighted by Gasteiger charge is -2.31. The van der Waals surface area contributed by atoms with E-state index in [9.17, 15) is 4.79 Å². The van der Waals surface area contributed by atoms with E-state index < -0.39 is 0 Å². The van der Waals surface area contributed by atoms with E-state index in [1.165, 1.54) is 45.3 Å². The van der Waals surface area contributed by atoms with Gasteiger partial charge in [-0.3, -0.25) is 4.79 Å². The van der Waals surface area contributed by atoms with Crippen molar-refractivity contribution < 1.29 is 4.74 Å². The van der Waals surface area contributed by atoms with Gasteiger partial charge in [-0.15, -0.1) is 0 Å². The average Bonchev–Trinajstić information content (AvgIpc) is 3.38. The highest BCUT2D eigenvalue weighted by Gasteiger charge is 2.27. The van der Waals surface area contributed by atoms with E-state index in [1.54, 1.807) is 6.20 Å². The third-order valence-corrected chi connectivity index (χ3v) is 5.15. The van der Waals surface area contributed by atoms with Gasteiger partial charge in [0.05, 0.1) is 6.61 Å². The Balaban J connectivity index is 1.31. The molecule has 4 heteroatoms. The summed E-state index contributed by atoms with van der Waals surface area (Å²) in [6, 6.07) is 7.63. The Morgan fingerprint density at radius 2 is 1.91 bits per heavy atom. The molecule has 1 aliphatic carbocycles. The highest BCUT2D eigenvalue weighted by atomic mass is 16.5. The van der Waals surface area contributed by atoms with Crippen molar-refractivity contribution in [3.8, 4) is 5.75 Å². The lowest BCUT2D eigenvalue weighted by Crippen LogP contribution is -2.36. The standard InChI is InChI=1S/C19H24N2O2/c22-19-18-4-3-17(11-16(18)5-8-20-19)23-13-15-6-9-21(10-7-15)12-14-1-2-14/h3-5,8,11,14-15H,1-2,6-7,9-10,12-13H2,(H,20,22). The van der Waals surface area contributed by atoms with Gasteiger partial charge in [0.15, 0.2) is 0 Å². The Morgan fingerprint density at radius 3 is 2.70 bits per heavy atom. The Bertz CT molecular complexity index is 727. The average molecular weight is 312 g/mol. The van der Waals surface area contributed by atoms with Crippen molar-refractivity contribution in [1.29, 1.82) is 0 Å². The first-order valence-electron chi connectivity index (χ1n) is 8.74. The Morgan fingerprint density at radius 1 is 1.09 bits per heavy atom. The quantitative estimate of drug-likeness (QED) is 0.923. The maximum Gasteiger partial charge on any atom is 0.255 e. The number of likely N-dealkylation sites (tertiary alicyclic amines) is 1. The lowest BCUT2D eigenvalue weighted by molar-refractivity contribution is 0.138. The Kier molecular flexibility index (Phi) is 4.08. The predicted octanol–water partition coefficient (Wildman–Crippen LogP) is 3.03. The molecule has 2 fully saturated rings. The third-order valence-electron chi connectivity index (χ3n) is 5.15. The number of rotatable bonds is 5. The number of ether oxygens (including phenoxy) is 1. The van der Waals surface area contributed by atoms with Crippen molar-refractivity contribution in [2.75, 3.05) is 26.2 Å². The van der Waals surface area contributed by atoms with E-state index in [2.05, 4.69) is 9.88 Å². The van der Waals surface area contributed by atoms with Gasteiger partial charge in [0.1, 0.15) is 5.75 Å². The van der Waals surface area contributed by atoms with Crippen LogP contribution in [-0.2, 0) is 0 Å². The molecule has 23 heavy (non-hydrogen) atoms. The summed E-state index contributed by atoms with van der Waals surface area (Å²) in [6.07, 6.45) is 7.03. The number of pyridine rings is 1. The summed E-state index contributed by atoms with van der Waals surface area (Å²) in [5.74, 6) is 2.51. The molecule has 1 aliphatic heterocycles. The van der Waals surface area contributed by atoms with Crippen LogP contribution in [0, 0.1) is 11.8 Å². The van der Waals surface area contributed by atoms with Crippen LogP contribution in [0.2, 0.25) is 0 Å². The summed E-state index contributed by atoms with van der Waals surface area (Å²) in [5.41, 5.74) is -0.0444. The van der Waals surface area contributed by atoms with Gasteiger partial charge in [0, 0.05) is 18.1 Å². The van der Waals surface area contributed by atoms with Crippen molar-refractivity contribution in [2.45, 2.75) is 25.7 Å². The SMILES string of the molecule is O=c1[nH]ccc2cc(OCC3CCN(CC4CC4)CC3)ccc12. The molecule has 1 saturated carbocycles. The van der Waals surface area contributed by atoms with E-state index in [4.69, 9.17) is 4.74 Å². The minimum atomic E-state index is -0.0444. The number of fused-ring (bicyclic) bond motifs is 1. The minimum absolute atomic E-state index is 0.0444. The van der Waals surface area contributed by atoms with Crippen LogP contribution in [0.3, 0.4) is 0 Å². The first-order chi connectivity index (χ1) is 11.3. The van der Waals surface area contributed by atoms with Crippen molar-refractivity contribution in [1.82, 2.24) is 9.88 Å². The van der Waals surface area contributed by atoms with Gasteiger partial charge in [0.2, 0.25) is 0 Å². The first-order valence-corrected chi connectivity index (χ1v) is 8.74. The summed E-state index contributed by atoms with van der Waals surface area (Å²) in [4.78, 5) is 17.0. The molecule has 2 aromatic rings. The van der Waals surface area contributed by atoms with Crippen LogP contribution in [0.25, 0.3) is 10.8 Å². The minimum Gasteiger partial charge on any atom is -0.493 e. The molecule has 1 aromatic heterocycles. The van der Waals surface area contributed by atoms with Crippen LogP contribution in [0.5, 0.6) is 5.75 Å². The summed E-state index contributed by atoms with van der Waals surface area (Å²) >= 11 is 0. The third kappa shape index (κ3) is 3.58. The molecule has 1 aromatic carbocycles. The summed E-state index contributed by atoms with van der Waals surface area (Å²) in [5, 5.41) is 1.65. The highest BCUT2D eigenvalue weighted by molar-refractivity contribution is 5.82. The molecule has 0 atom stereocenters. The van der Waals surface area contributed by atoms with E-state index >= 15 is 0 Å². The fraction of sp³-hybridized carbons (Fsp3) is 0.526. The molecule has 0 unspecified atom stereocenters. The maximum atomic E-state index is 11.7. The van der Waals surface area contributed by atoms with Crippen LogP contribution >= 0.6 is 0 Å². The normalized spacial score (nSPS) is 20.0. The van der Waals surface area contributed by atoms with Crippen molar-refractivity contribution >= 4 is 10.8 Å². The second-order valence-electron chi connectivity index (χ2n) is 7.05. The predicted molar refractivity (Wildman–Crippen MR) is 92.0 cm³/mol.